The molecular formula is C55H34N4O. The second-order valence-corrected chi connectivity index (χ2v) is 15.2. The van der Waals surface area contributed by atoms with Crippen LogP contribution in [0, 0.1) is 0 Å². The van der Waals surface area contributed by atoms with Crippen LogP contribution < -0.4 is 0 Å². The second kappa shape index (κ2) is 13.8. The summed E-state index contributed by atoms with van der Waals surface area (Å²) in [6.45, 7) is 0. The number of para-hydroxylation sites is 2. The summed E-state index contributed by atoms with van der Waals surface area (Å²) in [4.78, 5) is 15.5. The van der Waals surface area contributed by atoms with E-state index in [-0.39, 0.29) is 0 Å². The molecule has 0 fully saturated rings. The van der Waals surface area contributed by atoms with E-state index in [4.69, 9.17) is 19.4 Å². The third-order valence-electron chi connectivity index (χ3n) is 11.6. The van der Waals surface area contributed by atoms with Gasteiger partial charge in [0.1, 0.15) is 5.58 Å². The van der Waals surface area contributed by atoms with Crippen molar-refractivity contribution in [1.82, 2.24) is 19.5 Å². The topological polar surface area (TPSA) is 56.7 Å². The van der Waals surface area contributed by atoms with Crippen LogP contribution in [0.25, 0.3) is 117 Å². The maximum Gasteiger partial charge on any atom is 0.164 e. The molecule has 0 aliphatic heterocycles. The molecular weight excluding hydrogens is 733 g/mol. The number of rotatable bonds is 6. The minimum atomic E-state index is 0.577. The Morgan fingerprint density at radius 2 is 0.933 bits per heavy atom. The summed E-state index contributed by atoms with van der Waals surface area (Å²) in [7, 11) is 0. The van der Waals surface area contributed by atoms with Gasteiger partial charge in [0.25, 0.3) is 0 Å². The molecule has 9 aromatic carbocycles. The Balaban J connectivity index is 1.16. The van der Waals surface area contributed by atoms with E-state index in [9.17, 15) is 0 Å². The van der Waals surface area contributed by atoms with Crippen molar-refractivity contribution in [2.45, 2.75) is 0 Å². The highest BCUT2D eigenvalue weighted by atomic mass is 16.3. The maximum absolute atomic E-state index is 7.17. The molecule has 0 aliphatic carbocycles. The maximum atomic E-state index is 7.17. The monoisotopic (exact) mass is 766 g/mol. The Morgan fingerprint density at radius 3 is 1.68 bits per heavy atom. The Morgan fingerprint density at radius 1 is 0.350 bits per heavy atom. The third kappa shape index (κ3) is 5.59. The second-order valence-electron chi connectivity index (χ2n) is 15.2. The van der Waals surface area contributed by atoms with Gasteiger partial charge in [-0.2, -0.15) is 0 Å². The molecule has 0 amide bonds. The fourth-order valence-electron chi connectivity index (χ4n) is 8.77. The first-order valence-electron chi connectivity index (χ1n) is 20.2. The van der Waals surface area contributed by atoms with Gasteiger partial charge in [-0.1, -0.05) is 170 Å². The first kappa shape index (κ1) is 33.9. The molecule has 0 atom stereocenters. The van der Waals surface area contributed by atoms with Crippen LogP contribution in [0.5, 0.6) is 0 Å². The van der Waals surface area contributed by atoms with Gasteiger partial charge in [0.05, 0.1) is 16.7 Å². The zero-order valence-corrected chi connectivity index (χ0v) is 32.3. The van der Waals surface area contributed by atoms with E-state index in [1.165, 1.54) is 27.1 Å². The van der Waals surface area contributed by atoms with Crippen LogP contribution in [-0.4, -0.2) is 19.5 Å². The smallest absolute Gasteiger partial charge is 0.164 e. The van der Waals surface area contributed by atoms with E-state index in [2.05, 4.69) is 150 Å². The van der Waals surface area contributed by atoms with Gasteiger partial charge >= 0.3 is 0 Å². The predicted octanol–water partition coefficient (Wildman–Crippen LogP) is 14.4. The minimum Gasteiger partial charge on any atom is -0.454 e. The third-order valence-corrected chi connectivity index (χ3v) is 11.6. The molecule has 0 radical (unpaired) electrons. The summed E-state index contributed by atoms with van der Waals surface area (Å²) >= 11 is 0. The predicted molar refractivity (Wildman–Crippen MR) is 246 cm³/mol. The molecule has 0 bridgehead atoms. The van der Waals surface area contributed by atoms with E-state index in [0.717, 1.165) is 72.0 Å². The SMILES string of the molecule is c1ccc(-c2ccc3c4ccccc4n(-c4cccc5c4oc4cc(-c6ccc7ccccc7c6)cc(-c6nc(-c7ccccc7)nc(-c7ccccc7)n6)c45)c3c2)cc1. The molecule has 0 N–H and O–H groups in total. The number of furan rings is 1. The van der Waals surface area contributed by atoms with Gasteiger partial charge in [-0.25, -0.2) is 15.0 Å². The van der Waals surface area contributed by atoms with E-state index in [0.29, 0.717) is 17.5 Å². The molecule has 12 rings (SSSR count). The molecule has 5 nitrogen and oxygen atoms in total. The normalized spacial score (nSPS) is 11.7. The summed E-state index contributed by atoms with van der Waals surface area (Å²) in [6, 6.07) is 72.1. The highest BCUT2D eigenvalue weighted by Gasteiger charge is 2.23. The van der Waals surface area contributed by atoms with Gasteiger partial charge < -0.3 is 8.98 Å². The van der Waals surface area contributed by atoms with Crippen LogP contribution in [0.1, 0.15) is 0 Å². The molecule has 3 heterocycles. The van der Waals surface area contributed by atoms with Crippen LogP contribution in [0.3, 0.4) is 0 Å². The lowest BCUT2D eigenvalue weighted by molar-refractivity contribution is 0.666. The van der Waals surface area contributed by atoms with Gasteiger partial charge in [0, 0.05) is 38.2 Å². The van der Waals surface area contributed by atoms with Crippen molar-refractivity contribution in [2.24, 2.45) is 0 Å². The summed E-state index contributed by atoms with van der Waals surface area (Å²) < 4.78 is 9.53. The Labute approximate surface area is 345 Å². The number of aromatic nitrogens is 4. The molecule has 0 saturated carbocycles. The van der Waals surface area contributed by atoms with Crippen molar-refractivity contribution in [3.63, 3.8) is 0 Å². The molecule has 0 aliphatic rings. The Bertz CT molecular complexity index is 3530. The summed E-state index contributed by atoms with van der Waals surface area (Å²) in [5, 5.41) is 6.66. The van der Waals surface area contributed by atoms with Gasteiger partial charge in [0.2, 0.25) is 0 Å². The molecule has 280 valence electrons. The number of nitrogens with zero attached hydrogens (tertiary/aromatic N) is 4. The summed E-state index contributed by atoms with van der Waals surface area (Å²) in [5.74, 6) is 1.79. The highest BCUT2D eigenvalue weighted by molar-refractivity contribution is 6.17. The number of fused-ring (bicyclic) bond motifs is 7. The van der Waals surface area contributed by atoms with Crippen molar-refractivity contribution in [3.05, 3.63) is 206 Å². The summed E-state index contributed by atoms with van der Waals surface area (Å²) in [5.41, 5.74) is 11.9. The van der Waals surface area contributed by atoms with Gasteiger partial charge in [-0.15, -0.1) is 0 Å². The van der Waals surface area contributed by atoms with Gasteiger partial charge in [-0.05, 0) is 69.4 Å². The van der Waals surface area contributed by atoms with E-state index in [1.807, 2.05) is 60.7 Å². The fraction of sp³-hybridized carbons (Fsp3) is 0. The molecule has 3 aromatic heterocycles. The first-order valence-corrected chi connectivity index (χ1v) is 20.2. The molecule has 12 aromatic rings. The van der Waals surface area contributed by atoms with Crippen molar-refractivity contribution in [1.29, 1.82) is 0 Å². The Kier molecular flexibility index (Phi) is 7.78. The molecule has 5 heteroatoms. The van der Waals surface area contributed by atoms with Crippen molar-refractivity contribution < 1.29 is 4.42 Å². The van der Waals surface area contributed by atoms with Crippen LogP contribution in [0.15, 0.2) is 211 Å². The molecule has 0 saturated heterocycles. The fourth-order valence-corrected chi connectivity index (χ4v) is 8.77. The zero-order chi connectivity index (χ0) is 39.6. The van der Waals surface area contributed by atoms with Crippen LogP contribution >= 0.6 is 0 Å². The average molecular weight is 767 g/mol. The quantitative estimate of drug-likeness (QED) is 0.169. The lowest BCUT2D eigenvalue weighted by atomic mass is 9.96. The standard InChI is InChI=1S/C55H34N4O/c1-4-15-35(16-5-1)41-29-30-44-43-23-12-13-25-47(43)59(49(44)33-41)48-26-14-24-45-51-46(32-42(34-50(51)60-52(45)48)40-28-27-36-17-10-11-22-39(36)31-40)55-57-53(37-18-6-2-7-19-37)56-54(58-55)38-20-8-3-9-21-38/h1-34H. The van der Waals surface area contributed by atoms with Crippen molar-refractivity contribution in [2.75, 3.05) is 0 Å². The van der Waals surface area contributed by atoms with Gasteiger partial charge in [-0.3, -0.25) is 0 Å². The Hall–Kier alpha value is -8.15. The average Bonchev–Trinajstić information content (AvgIpc) is 3.87. The molecule has 0 unspecified atom stereocenters. The molecule has 0 spiro atoms. The largest absolute Gasteiger partial charge is 0.454 e. The van der Waals surface area contributed by atoms with Crippen LogP contribution in [-0.2, 0) is 0 Å². The van der Waals surface area contributed by atoms with Gasteiger partial charge in [0.15, 0.2) is 23.1 Å². The van der Waals surface area contributed by atoms with E-state index < -0.39 is 0 Å². The molecule has 60 heavy (non-hydrogen) atoms. The lowest BCUT2D eigenvalue weighted by Crippen LogP contribution is -2.00. The lowest BCUT2D eigenvalue weighted by Gasteiger charge is -2.11. The zero-order valence-electron chi connectivity index (χ0n) is 32.3. The highest BCUT2D eigenvalue weighted by Crippen LogP contribution is 2.44. The first-order chi connectivity index (χ1) is 29.7. The number of hydrogen-bond acceptors (Lipinski definition) is 4. The summed E-state index contributed by atoms with van der Waals surface area (Å²) in [6.07, 6.45) is 0. The van der Waals surface area contributed by atoms with Crippen molar-refractivity contribution in [3.8, 4) is 62.1 Å². The van der Waals surface area contributed by atoms with Crippen LogP contribution in [0.4, 0.5) is 0 Å². The van der Waals surface area contributed by atoms with E-state index in [1.54, 1.807) is 0 Å². The van der Waals surface area contributed by atoms with Crippen LogP contribution in [0.2, 0.25) is 0 Å². The van der Waals surface area contributed by atoms with E-state index >= 15 is 0 Å². The number of hydrogen-bond donors (Lipinski definition) is 0. The van der Waals surface area contributed by atoms with Crippen molar-refractivity contribution >= 4 is 54.5 Å². The number of benzene rings is 9. The minimum absolute atomic E-state index is 0.577.